The number of hydrogen-bond donors (Lipinski definition) is 1. The Morgan fingerprint density at radius 2 is 1.86 bits per heavy atom. The van der Waals surface area contributed by atoms with E-state index >= 15 is 0 Å². The topological polar surface area (TPSA) is 15.3 Å². The highest BCUT2D eigenvalue weighted by Crippen LogP contribution is 2.04. The van der Waals surface area contributed by atoms with Gasteiger partial charge in [0.05, 0.1) is 0 Å². The zero-order chi connectivity index (χ0) is 10.8. The van der Waals surface area contributed by atoms with Gasteiger partial charge in [0, 0.05) is 6.04 Å². The number of rotatable bonds is 9. The van der Waals surface area contributed by atoms with E-state index in [0.29, 0.717) is 0 Å². The predicted octanol–water partition coefficient (Wildman–Crippen LogP) is 2.50. The van der Waals surface area contributed by atoms with Crippen molar-refractivity contribution in [1.29, 1.82) is 0 Å². The van der Waals surface area contributed by atoms with Crippen molar-refractivity contribution in [2.45, 2.75) is 52.5 Å². The molecule has 1 unspecified atom stereocenters. The van der Waals surface area contributed by atoms with Gasteiger partial charge < -0.3 is 10.2 Å². The Labute approximate surface area is 90.1 Å². The van der Waals surface area contributed by atoms with Crippen LogP contribution in [0, 0.1) is 0 Å². The van der Waals surface area contributed by atoms with Crippen LogP contribution in [-0.2, 0) is 0 Å². The van der Waals surface area contributed by atoms with Crippen molar-refractivity contribution in [3.8, 4) is 0 Å². The molecular formula is C12H28N2. The highest BCUT2D eigenvalue weighted by molar-refractivity contribution is 4.63. The Kier molecular flexibility index (Phi) is 9.42. The number of nitrogens with zero attached hydrogens (tertiary/aromatic N) is 1. The van der Waals surface area contributed by atoms with Crippen molar-refractivity contribution in [1.82, 2.24) is 10.2 Å². The minimum absolute atomic E-state index is 0.735. The smallest absolute Gasteiger partial charge is 0.00643 e. The number of hydrogen-bond acceptors (Lipinski definition) is 2. The van der Waals surface area contributed by atoms with Gasteiger partial charge in [0.25, 0.3) is 0 Å². The fourth-order valence-corrected chi connectivity index (χ4v) is 1.62. The molecule has 0 aliphatic carbocycles. The largest absolute Gasteiger partial charge is 0.317 e. The first-order valence-corrected chi connectivity index (χ1v) is 6.13. The Morgan fingerprint density at radius 3 is 2.43 bits per heavy atom. The molecule has 0 spiro atoms. The van der Waals surface area contributed by atoms with E-state index in [1.165, 1.54) is 45.3 Å². The summed E-state index contributed by atoms with van der Waals surface area (Å²) in [6, 6.07) is 0.735. The van der Waals surface area contributed by atoms with E-state index in [0.717, 1.165) is 6.04 Å². The van der Waals surface area contributed by atoms with Crippen LogP contribution in [0.4, 0.5) is 0 Å². The van der Waals surface area contributed by atoms with E-state index in [-0.39, 0.29) is 0 Å². The molecule has 0 aromatic carbocycles. The zero-order valence-electron chi connectivity index (χ0n) is 10.5. The van der Waals surface area contributed by atoms with Crippen molar-refractivity contribution in [2.75, 3.05) is 26.7 Å². The average Bonchev–Trinajstić information content (AvgIpc) is 2.17. The fourth-order valence-electron chi connectivity index (χ4n) is 1.62. The van der Waals surface area contributed by atoms with Gasteiger partial charge in [0.2, 0.25) is 0 Å². The van der Waals surface area contributed by atoms with Crippen LogP contribution in [0.15, 0.2) is 0 Å². The van der Waals surface area contributed by atoms with E-state index in [2.05, 4.69) is 38.0 Å². The van der Waals surface area contributed by atoms with E-state index < -0.39 is 0 Å². The van der Waals surface area contributed by atoms with Gasteiger partial charge in [-0.3, -0.25) is 0 Å². The normalized spacial score (nSPS) is 13.5. The summed E-state index contributed by atoms with van der Waals surface area (Å²) in [5.74, 6) is 0. The monoisotopic (exact) mass is 200 g/mol. The lowest BCUT2D eigenvalue weighted by atomic mass is 10.1. The molecule has 0 fully saturated rings. The van der Waals surface area contributed by atoms with Crippen LogP contribution in [0.3, 0.4) is 0 Å². The summed E-state index contributed by atoms with van der Waals surface area (Å²) >= 11 is 0. The van der Waals surface area contributed by atoms with Gasteiger partial charge in [0.1, 0.15) is 0 Å². The molecule has 0 rings (SSSR count). The minimum Gasteiger partial charge on any atom is -0.317 e. The minimum atomic E-state index is 0.735. The third-order valence-electron chi connectivity index (χ3n) is 2.73. The molecule has 1 N–H and O–H groups in total. The molecule has 0 radical (unpaired) electrons. The second kappa shape index (κ2) is 9.47. The first-order valence-electron chi connectivity index (χ1n) is 6.13. The summed E-state index contributed by atoms with van der Waals surface area (Å²) in [6.07, 6.45) is 5.11. The van der Waals surface area contributed by atoms with Crippen LogP contribution < -0.4 is 5.32 Å². The fraction of sp³-hybridized carbons (Fsp3) is 1.00. The molecular weight excluding hydrogens is 172 g/mol. The first-order chi connectivity index (χ1) is 6.72. The number of nitrogens with one attached hydrogen (secondary N) is 1. The van der Waals surface area contributed by atoms with Crippen molar-refractivity contribution in [3.63, 3.8) is 0 Å². The third kappa shape index (κ3) is 7.34. The summed E-state index contributed by atoms with van der Waals surface area (Å²) in [7, 11) is 2.23. The SMILES string of the molecule is CCCNCCCC(C)N(C)CCC. The molecule has 0 saturated heterocycles. The summed E-state index contributed by atoms with van der Waals surface area (Å²) in [6.45, 7) is 10.4. The van der Waals surface area contributed by atoms with Crippen molar-refractivity contribution >= 4 is 0 Å². The van der Waals surface area contributed by atoms with E-state index in [1.54, 1.807) is 0 Å². The highest BCUT2D eigenvalue weighted by Gasteiger charge is 2.06. The Bertz CT molecular complexity index is 115. The predicted molar refractivity (Wildman–Crippen MR) is 64.8 cm³/mol. The molecule has 0 bridgehead atoms. The lowest BCUT2D eigenvalue weighted by Crippen LogP contribution is -2.30. The molecule has 2 heteroatoms. The molecule has 0 aromatic heterocycles. The summed E-state index contributed by atoms with van der Waals surface area (Å²) in [5, 5.41) is 3.44. The van der Waals surface area contributed by atoms with Gasteiger partial charge in [0.15, 0.2) is 0 Å². The molecule has 2 nitrogen and oxygen atoms in total. The average molecular weight is 200 g/mol. The van der Waals surface area contributed by atoms with E-state index in [9.17, 15) is 0 Å². The lowest BCUT2D eigenvalue weighted by molar-refractivity contribution is 0.243. The van der Waals surface area contributed by atoms with Gasteiger partial charge in [-0.25, -0.2) is 0 Å². The van der Waals surface area contributed by atoms with Crippen LogP contribution in [0.5, 0.6) is 0 Å². The molecule has 0 amide bonds. The maximum absolute atomic E-state index is 3.44. The summed E-state index contributed by atoms with van der Waals surface area (Å²) in [4.78, 5) is 2.46. The van der Waals surface area contributed by atoms with Crippen LogP contribution >= 0.6 is 0 Å². The maximum Gasteiger partial charge on any atom is 0.00643 e. The van der Waals surface area contributed by atoms with Crippen LogP contribution in [0.2, 0.25) is 0 Å². The van der Waals surface area contributed by atoms with Crippen LogP contribution in [-0.4, -0.2) is 37.6 Å². The lowest BCUT2D eigenvalue weighted by Gasteiger charge is -2.24. The first kappa shape index (κ1) is 13.9. The second-order valence-corrected chi connectivity index (χ2v) is 4.22. The van der Waals surface area contributed by atoms with Crippen molar-refractivity contribution < 1.29 is 0 Å². The molecule has 0 aliphatic rings. The standard InChI is InChI=1S/C12H28N2/c1-5-9-13-10-7-8-12(3)14(4)11-6-2/h12-13H,5-11H2,1-4H3. The van der Waals surface area contributed by atoms with Crippen LogP contribution in [0.1, 0.15) is 46.5 Å². The van der Waals surface area contributed by atoms with Crippen molar-refractivity contribution in [2.24, 2.45) is 0 Å². The van der Waals surface area contributed by atoms with Crippen molar-refractivity contribution in [3.05, 3.63) is 0 Å². The Morgan fingerprint density at radius 1 is 1.14 bits per heavy atom. The van der Waals surface area contributed by atoms with Gasteiger partial charge in [-0.2, -0.15) is 0 Å². The van der Waals surface area contributed by atoms with E-state index in [1.807, 2.05) is 0 Å². The van der Waals surface area contributed by atoms with Gasteiger partial charge in [-0.1, -0.05) is 13.8 Å². The van der Waals surface area contributed by atoms with Gasteiger partial charge >= 0.3 is 0 Å². The summed E-state index contributed by atoms with van der Waals surface area (Å²) < 4.78 is 0. The molecule has 86 valence electrons. The highest BCUT2D eigenvalue weighted by atomic mass is 15.1. The molecule has 0 aliphatic heterocycles. The summed E-state index contributed by atoms with van der Waals surface area (Å²) in [5.41, 5.74) is 0. The van der Waals surface area contributed by atoms with Gasteiger partial charge in [-0.15, -0.1) is 0 Å². The van der Waals surface area contributed by atoms with E-state index in [4.69, 9.17) is 0 Å². The second-order valence-electron chi connectivity index (χ2n) is 4.22. The Balaban J connectivity index is 3.29. The molecule has 1 atom stereocenters. The molecule has 14 heavy (non-hydrogen) atoms. The van der Waals surface area contributed by atoms with Crippen LogP contribution in [0.25, 0.3) is 0 Å². The molecule has 0 saturated carbocycles. The van der Waals surface area contributed by atoms with Gasteiger partial charge in [-0.05, 0) is 59.3 Å². The quantitative estimate of drug-likeness (QED) is 0.575. The molecule has 0 heterocycles. The Hall–Kier alpha value is -0.0800. The molecule has 0 aromatic rings. The maximum atomic E-state index is 3.44. The third-order valence-corrected chi connectivity index (χ3v) is 2.73. The zero-order valence-corrected chi connectivity index (χ0v) is 10.5.